The Morgan fingerprint density at radius 3 is 2.74 bits per heavy atom. The van der Waals surface area contributed by atoms with Gasteiger partial charge in [-0.15, -0.1) is 0 Å². The molecule has 0 saturated carbocycles. The molecule has 2 aliphatic heterocycles. The van der Waals surface area contributed by atoms with Gasteiger partial charge in [-0.05, 0) is 31.7 Å². The molecule has 2 fully saturated rings. The van der Waals surface area contributed by atoms with Gasteiger partial charge in [-0.2, -0.15) is 0 Å². The van der Waals surface area contributed by atoms with Crippen LogP contribution in [0.5, 0.6) is 0 Å². The molecule has 0 bridgehead atoms. The van der Waals surface area contributed by atoms with Crippen molar-refractivity contribution in [3.05, 3.63) is 29.6 Å². The van der Waals surface area contributed by atoms with Gasteiger partial charge in [0.25, 0.3) is 11.8 Å². The Hall–Kier alpha value is -1.99. The first kappa shape index (κ1) is 19.8. The maximum atomic E-state index is 12.9. The minimum Gasteiger partial charge on any atom is -0.379 e. The molecule has 1 unspecified atom stereocenters. The molecule has 1 N–H and O–H groups in total. The first-order valence-corrected chi connectivity index (χ1v) is 10.0. The SMILES string of the molecule is CCC1CCCCN1C(=O)c1cncc(C(=O)NCCN2CCOCC2)c1. The summed E-state index contributed by atoms with van der Waals surface area (Å²) in [6.45, 7) is 7.56. The zero-order valence-electron chi connectivity index (χ0n) is 16.2. The lowest BCUT2D eigenvalue weighted by molar-refractivity contribution is 0.0383. The first-order valence-electron chi connectivity index (χ1n) is 10.0. The third-order valence-corrected chi connectivity index (χ3v) is 5.42. The van der Waals surface area contributed by atoms with Crippen LogP contribution < -0.4 is 5.32 Å². The molecule has 3 heterocycles. The quantitative estimate of drug-likeness (QED) is 0.818. The highest BCUT2D eigenvalue weighted by Crippen LogP contribution is 2.21. The van der Waals surface area contributed by atoms with E-state index in [0.29, 0.717) is 17.7 Å². The highest BCUT2D eigenvalue weighted by Gasteiger charge is 2.26. The summed E-state index contributed by atoms with van der Waals surface area (Å²) < 4.78 is 5.32. The second kappa shape index (κ2) is 9.80. The van der Waals surface area contributed by atoms with Gasteiger partial charge in [0.15, 0.2) is 0 Å². The van der Waals surface area contributed by atoms with E-state index in [1.807, 2.05) is 4.90 Å². The molecule has 3 rings (SSSR count). The number of nitrogens with one attached hydrogen (secondary N) is 1. The van der Waals surface area contributed by atoms with Gasteiger partial charge in [0, 0.05) is 51.2 Å². The lowest BCUT2D eigenvalue weighted by Gasteiger charge is -2.35. The summed E-state index contributed by atoms with van der Waals surface area (Å²) in [7, 11) is 0. The fourth-order valence-corrected chi connectivity index (χ4v) is 3.79. The van der Waals surface area contributed by atoms with Crippen molar-refractivity contribution in [1.29, 1.82) is 0 Å². The standard InChI is InChI=1S/C20H30N4O3/c1-2-18-5-3-4-7-24(18)20(26)17-13-16(14-21-15-17)19(25)22-6-8-23-9-11-27-12-10-23/h13-15,18H,2-12H2,1H3,(H,22,25). The number of aromatic nitrogens is 1. The van der Waals surface area contributed by atoms with Crippen LogP contribution in [-0.4, -0.2) is 78.6 Å². The van der Waals surface area contributed by atoms with Crippen molar-refractivity contribution in [1.82, 2.24) is 20.1 Å². The molecule has 1 aromatic heterocycles. The average molecular weight is 374 g/mol. The number of hydrogen-bond acceptors (Lipinski definition) is 5. The Labute approximate surface area is 161 Å². The summed E-state index contributed by atoms with van der Waals surface area (Å²) in [6, 6.07) is 1.96. The minimum absolute atomic E-state index is 0.0167. The summed E-state index contributed by atoms with van der Waals surface area (Å²) in [5.41, 5.74) is 0.934. The van der Waals surface area contributed by atoms with E-state index in [0.717, 1.165) is 58.7 Å². The van der Waals surface area contributed by atoms with E-state index in [-0.39, 0.29) is 17.9 Å². The van der Waals surface area contributed by atoms with Crippen LogP contribution in [0.2, 0.25) is 0 Å². The summed E-state index contributed by atoms with van der Waals surface area (Å²) in [6.07, 6.45) is 7.31. The van der Waals surface area contributed by atoms with Crippen LogP contribution in [0.3, 0.4) is 0 Å². The number of carbonyl (C=O) groups is 2. The number of rotatable bonds is 6. The molecule has 7 nitrogen and oxygen atoms in total. The molecular weight excluding hydrogens is 344 g/mol. The van der Waals surface area contributed by atoms with Crippen molar-refractivity contribution >= 4 is 11.8 Å². The number of ether oxygens (including phenoxy) is 1. The predicted octanol–water partition coefficient (Wildman–Crippen LogP) is 1.55. The Bertz CT molecular complexity index is 646. The van der Waals surface area contributed by atoms with E-state index in [4.69, 9.17) is 4.74 Å². The number of nitrogens with zero attached hydrogens (tertiary/aromatic N) is 3. The van der Waals surface area contributed by atoms with E-state index in [2.05, 4.69) is 22.1 Å². The van der Waals surface area contributed by atoms with Gasteiger partial charge >= 0.3 is 0 Å². The van der Waals surface area contributed by atoms with Crippen molar-refractivity contribution < 1.29 is 14.3 Å². The zero-order valence-corrected chi connectivity index (χ0v) is 16.2. The number of amides is 2. The average Bonchev–Trinajstić information content (AvgIpc) is 2.74. The molecule has 0 radical (unpaired) electrons. The molecular formula is C20H30N4O3. The monoisotopic (exact) mass is 374 g/mol. The van der Waals surface area contributed by atoms with Crippen LogP contribution in [0.15, 0.2) is 18.5 Å². The summed E-state index contributed by atoms with van der Waals surface area (Å²) in [4.78, 5) is 33.7. The van der Waals surface area contributed by atoms with Gasteiger partial charge in [-0.3, -0.25) is 19.5 Å². The van der Waals surface area contributed by atoms with Crippen molar-refractivity contribution in [3.63, 3.8) is 0 Å². The number of hydrogen-bond donors (Lipinski definition) is 1. The number of pyridine rings is 1. The Kier molecular flexibility index (Phi) is 7.18. The Balaban J connectivity index is 1.57. The second-order valence-electron chi connectivity index (χ2n) is 7.23. The molecule has 0 aliphatic carbocycles. The van der Waals surface area contributed by atoms with Crippen LogP contribution in [-0.2, 0) is 4.74 Å². The van der Waals surface area contributed by atoms with Crippen molar-refractivity contribution in [2.24, 2.45) is 0 Å². The van der Waals surface area contributed by atoms with Gasteiger partial charge in [-0.1, -0.05) is 6.92 Å². The summed E-state index contributed by atoms with van der Waals surface area (Å²) in [5, 5.41) is 2.93. The van der Waals surface area contributed by atoms with E-state index in [9.17, 15) is 9.59 Å². The van der Waals surface area contributed by atoms with Gasteiger partial charge in [0.2, 0.25) is 0 Å². The molecule has 27 heavy (non-hydrogen) atoms. The van der Waals surface area contributed by atoms with Crippen LogP contribution in [0.1, 0.15) is 53.3 Å². The van der Waals surface area contributed by atoms with Gasteiger partial charge in [0.05, 0.1) is 24.3 Å². The zero-order chi connectivity index (χ0) is 19.1. The van der Waals surface area contributed by atoms with Crippen LogP contribution in [0, 0.1) is 0 Å². The lowest BCUT2D eigenvalue weighted by atomic mass is 9.99. The van der Waals surface area contributed by atoms with E-state index in [1.54, 1.807) is 12.3 Å². The predicted molar refractivity (Wildman–Crippen MR) is 103 cm³/mol. The highest BCUT2D eigenvalue weighted by molar-refractivity contribution is 5.99. The normalized spacial score (nSPS) is 21.1. The number of likely N-dealkylation sites (tertiary alicyclic amines) is 1. The van der Waals surface area contributed by atoms with Gasteiger partial charge < -0.3 is 15.0 Å². The third-order valence-electron chi connectivity index (χ3n) is 5.42. The molecule has 1 atom stereocenters. The lowest BCUT2D eigenvalue weighted by Crippen LogP contribution is -2.43. The highest BCUT2D eigenvalue weighted by atomic mass is 16.5. The summed E-state index contributed by atoms with van der Waals surface area (Å²) in [5.74, 6) is -0.201. The number of morpholine rings is 1. The van der Waals surface area contributed by atoms with Crippen molar-refractivity contribution in [2.75, 3.05) is 45.9 Å². The number of piperidine rings is 1. The van der Waals surface area contributed by atoms with E-state index >= 15 is 0 Å². The Morgan fingerprint density at radius 1 is 1.19 bits per heavy atom. The molecule has 1 aromatic rings. The van der Waals surface area contributed by atoms with E-state index in [1.165, 1.54) is 12.6 Å². The fraction of sp³-hybridized carbons (Fsp3) is 0.650. The molecule has 0 spiro atoms. The molecule has 2 saturated heterocycles. The van der Waals surface area contributed by atoms with Crippen molar-refractivity contribution in [3.8, 4) is 0 Å². The van der Waals surface area contributed by atoms with Crippen LogP contribution in [0.4, 0.5) is 0 Å². The fourth-order valence-electron chi connectivity index (χ4n) is 3.79. The maximum Gasteiger partial charge on any atom is 0.255 e. The third kappa shape index (κ3) is 5.26. The maximum absolute atomic E-state index is 12.9. The Morgan fingerprint density at radius 2 is 1.96 bits per heavy atom. The smallest absolute Gasteiger partial charge is 0.255 e. The minimum atomic E-state index is -0.184. The molecule has 0 aromatic carbocycles. The van der Waals surface area contributed by atoms with Gasteiger partial charge in [0.1, 0.15) is 0 Å². The van der Waals surface area contributed by atoms with Crippen molar-refractivity contribution in [2.45, 2.75) is 38.6 Å². The summed E-state index contributed by atoms with van der Waals surface area (Å²) >= 11 is 0. The van der Waals surface area contributed by atoms with Gasteiger partial charge in [-0.25, -0.2) is 0 Å². The largest absolute Gasteiger partial charge is 0.379 e. The molecule has 2 aliphatic rings. The molecule has 148 valence electrons. The second-order valence-corrected chi connectivity index (χ2v) is 7.23. The molecule has 7 heteroatoms. The van der Waals surface area contributed by atoms with Crippen LogP contribution >= 0.6 is 0 Å². The number of carbonyl (C=O) groups excluding carboxylic acids is 2. The molecule has 2 amide bonds. The topological polar surface area (TPSA) is 74.8 Å². The van der Waals surface area contributed by atoms with Crippen LogP contribution in [0.25, 0.3) is 0 Å². The first-order chi connectivity index (χ1) is 13.2. The van der Waals surface area contributed by atoms with E-state index < -0.39 is 0 Å².